The maximum Gasteiger partial charge on any atom is 0.143 e. The van der Waals surface area contributed by atoms with E-state index in [9.17, 15) is 0 Å². The number of nitrogens with two attached hydrogens (primary N) is 1. The molecule has 18 heavy (non-hydrogen) atoms. The van der Waals surface area contributed by atoms with Gasteiger partial charge in [0.1, 0.15) is 10.3 Å². The average Bonchev–Trinajstić information content (AvgIpc) is 2.72. The van der Waals surface area contributed by atoms with E-state index in [2.05, 4.69) is 9.97 Å². The van der Waals surface area contributed by atoms with Crippen LogP contribution in [0.3, 0.4) is 0 Å². The Hall–Kier alpha value is -1.24. The van der Waals surface area contributed by atoms with Gasteiger partial charge in [0.05, 0.1) is 36.7 Å². The van der Waals surface area contributed by atoms with Crippen LogP contribution in [-0.2, 0) is 15.9 Å². The fourth-order valence-corrected chi connectivity index (χ4v) is 2.51. The number of ether oxygens (including phenoxy) is 2. The van der Waals surface area contributed by atoms with Crippen LogP contribution in [0.4, 0.5) is 5.69 Å². The molecule has 0 atom stereocenters. The third-order valence-electron chi connectivity index (χ3n) is 2.60. The van der Waals surface area contributed by atoms with Gasteiger partial charge in [0.15, 0.2) is 0 Å². The van der Waals surface area contributed by atoms with Crippen molar-refractivity contribution in [1.29, 1.82) is 0 Å². The lowest BCUT2D eigenvalue weighted by Crippen LogP contribution is -2.07. The number of anilines is 1. The zero-order valence-electron chi connectivity index (χ0n) is 10.6. The number of nitrogen functional groups attached to an aromatic ring is 1. The number of methoxy groups -OCH3 is 1. The quantitative estimate of drug-likeness (QED) is 0.808. The number of hydrogen-bond acceptors (Lipinski definition) is 6. The zero-order chi connectivity index (χ0) is 13.0. The molecule has 0 amide bonds. The molecule has 6 heteroatoms. The molecule has 0 saturated heterocycles. The second kappa shape index (κ2) is 6.08. The second-order valence-corrected chi connectivity index (χ2v) is 5.12. The van der Waals surface area contributed by atoms with Crippen molar-refractivity contribution in [1.82, 2.24) is 9.97 Å². The first kappa shape index (κ1) is 13.2. The Balaban J connectivity index is 2.08. The van der Waals surface area contributed by atoms with E-state index in [0.29, 0.717) is 25.5 Å². The van der Waals surface area contributed by atoms with Crippen molar-refractivity contribution in [2.75, 3.05) is 32.7 Å². The number of fused-ring (bicyclic) bond motifs is 1. The molecule has 5 nitrogen and oxygen atoms in total. The summed E-state index contributed by atoms with van der Waals surface area (Å²) in [6.07, 6.45) is 2.45. The van der Waals surface area contributed by atoms with Gasteiger partial charge in [-0.2, -0.15) is 0 Å². The molecule has 0 spiro atoms. The van der Waals surface area contributed by atoms with E-state index in [-0.39, 0.29) is 0 Å². The summed E-state index contributed by atoms with van der Waals surface area (Å²) in [5, 5.41) is 1.00. The number of aromatic nitrogens is 2. The summed E-state index contributed by atoms with van der Waals surface area (Å²) < 4.78 is 10.4. The Morgan fingerprint density at radius 1 is 1.33 bits per heavy atom. The molecule has 0 radical (unpaired) electrons. The molecule has 0 bridgehead atoms. The number of nitrogens with zero attached hydrogens (tertiary/aromatic N) is 2. The summed E-state index contributed by atoms with van der Waals surface area (Å²) >= 11 is 1.58. The number of rotatable bonds is 6. The molecule has 2 aromatic heterocycles. The van der Waals surface area contributed by atoms with Crippen LogP contribution in [0, 0.1) is 6.92 Å². The number of thiazole rings is 1. The van der Waals surface area contributed by atoms with Crippen LogP contribution in [0.1, 0.15) is 10.6 Å². The van der Waals surface area contributed by atoms with Gasteiger partial charge in [-0.15, -0.1) is 0 Å². The van der Waals surface area contributed by atoms with Crippen LogP contribution >= 0.6 is 11.3 Å². The molecular formula is C12H17N3O2S. The molecule has 98 valence electrons. The molecule has 0 fully saturated rings. The van der Waals surface area contributed by atoms with Crippen molar-refractivity contribution >= 4 is 27.4 Å². The van der Waals surface area contributed by atoms with Gasteiger partial charge in [-0.1, -0.05) is 11.3 Å². The Kier molecular flexibility index (Phi) is 4.46. The Bertz CT molecular complexity index is 527. The molecule has 2 rings (SSSR count). The Labute approximate surface area is 110 Å². The summed E-state index contributed by atoms with van der Waals surface area (Å²) in [4.78, 5) is 9.71. The van der Waals surface area contributed by atoms with Gasteiger partial charge < -0.3 is 15.2 Å². The molecule has 2 N–H and O–H groups in total. The van der Waals surface area contributed by atoms with Crippen LogP contribution in [0.25, 0.3) is 10.3 Å². The van der Waals surface area contributed by atoms with E-state index >= 15 is 0 Å². The molecule has 0 aromatic carbocycles. The standard InChI is InChI=1S/C12H17N3O2S/c1-8-15-11-9(3-4-17-6-5-16-2)10(13)7-14-12(11)18-8/h7H,3-6,13H2,1-2H3. The monoisotopic (exact) mass is 267 g/mol. The molecular weight excluding hydrogens is 250 g/mol. The highest BCUT2D eigenvalue weighted by Gasteiger charge is 2.10. The maximum atomic E-state index is 5.96. The number of hydrogen-bond donors (Lipinski definition) is 1. The Morgan fingerprint density at radius 3 is 2.94 bits per heavy atom. The maximum absolute atomic E-state index is 5.96. The highest BCUT2D eigenvalue weighted by molar-refractivity contribution is 7.18. The second-order valence-electron chi connectivity index (χ2n) is 3.93. The van der Waals surface area contributed by atoms with Crippen LogP contribution in [0.2, 0.25) is 0 Å². The summed E-state index contributed by atoms with van der Waals surface area (Å²) in [6, 6.07) is 0. The van der Waals surface area contributed by atoms with Crippen molar-refractivity contribution in [2.24, 2.45) is 0 Å². The van der Waals surface area contributed by atoms with E-state index in [4.69, 9.17) is 15.2 Å². The number of aryl methyl sites for hydroxylation is 1. The molecule has 2 heterocycles. The van der Waals surface area contributed by atoms with Crippen molar-refractivity contribution in [2.45, 2.75) is 13.3 Å². The fraction of sp³-hybridized carbons (Fsp3) is 0.500. The SMILES string of the molecule is COCCOCCc1c(N)cnc2sc(C)nc12. The minimum atomic E-state index is 0.598. The smallest absolute Gasteiger partial charge is 0.143 e. The number of pyridine rings is 1. The van der Waals surface area contributed by atoms with E-state index in [1.807, 2.05) is 6.92 Å². The lowest BCUT2D eigenvalue weighted by atomic mass is 10.1. The van der Waals surface area contributed by atoms with E-state index in [1.54, 1.807) is 24.6 Å². The fourth-order valence-electron chi connectivity index (χ4n) is 1.72. The predicted molar refractivity (Wildman–Crippen MR) is 73.0 cm³/mol. The van der Waals surface area contributed by atoms with E-state index in [1.165, 1.54) is 0 Å². The minimum Gasteiger partial charge on any atom is -0.397 e. The lowest BCUT2D eigenvalue weighted by Gasteiger charge is -2.07. The van der Waals surface area contributed by atoms with Gasteiger partial charge in [0.25, 0.3) is 0 Å². The molecule has 0 aliphatic carbocycles. The average molecular weight is 267 g/mol. The van der Waals surface area contributed by atoms with Crippen LogP contribution in [0.5, 0.6) is 0 Å². The predicted octanol–water partition coefficient (Wildman–Crippen LogP) is 1.79. The molecule has 0 aliphatic rings. The van der Waals surface area contributed by atoms with Crippen molar-refractivity contribution in [3.63, 3.8) is 0 Å². The Morgan fingerprint density at radius 2 is 2.17 bits per heavy atom. The van der Waals surface area contributed by atoms with E-state index < -0.39 is 0 Å². The lowest BCUT2D eigenvalue weighted by molar-refractivity contribution is 0.0724. The first-order chi connectivity index (χ1) is 8.72. The van der Waals surface area contributed by atoms with Gasteiger partial charge in [0, 0.05) is 19.1 Å². The normalized spacial score (nSPS) is 11.2. The van der Waals surface area contributed by atoms with Crippen LogP contribution in [-0.4, -0.2) is 36.9 Å². The van der Waals surface area contributed by atoms with E-state index in [0.717, 1.165) is 27.3 Å². The van der Waals surface area contributed by atoms with Crippen LogP contribution in [0.15, 0.2) is 6.20 Å². The van der Waals surface area contributed by atoms with Crippen molar-refractivity contribution in [3.05, 3.63) is 16.8 Å². The zero-order valence-corrected chi connectivity index (χ0v) is 11.4. The third-order valence-corrected chi connectivity index (χ3v) is 3.48. The van der Waals surface area contributed by atoms with Crippen molar-refractivity contribution in [3.8, 4) is 0 Å². The molecule has 2 aromatic rings. The third kappa shape index (κ3) is 2.95. The van der Waals surface area contributed by atoms with Crippen LogP contribution < -0.4 is 5.73 Å². The van der Waals surface area contributed by atoms with Crippen molar-refractivity contribution < 1.29 is 9.47 Å². The highest BCUT2D eigenvalue weighted by atomic mass is 32.1. The molecule has 0 unspecified atom stereocenters. The summed E-state index contributed by atoms with van der Waals surface area (Å²) in [7, 11) is 1.66. The summed E-state index contributed by atoms with van der Waals surface area (Å²) in [5.74, 6) is 0. The first-order valence-electron chi connectivity index (χ1n) is 5.79. The minimum absolute atomic E-state index is 0.598. The van der Waals surface area contributed by atoms with Gasteiger partial charge in [0.2, 0.25) is 0 Å². The molecule has 0 saturated carbocycles. The van der Waals surface area contributed by atoms with Gasteiger partial charge in [-0.3, -0.25) is 0 Å². The van der Waals surface area contributed by atoms with Gasteiger partial charge in [-0.25, -0.2) is 9.97 Å². The van der Waals surface area contributed by atoms with Gasteiger partial charge in [-0.05, 0) is 6.92 Å². The van der Waals surface area contributed by atoms with Gasteiger partial charge >= 0.3 is 0 Å². The first-order valence-corrected chi connectivity index (χ1v) is 6.61. The topological polar surface area (TPSA) is 70.3 Å². The summed E-state index contributed by atoms with van der Waals surface area (Å²) in [6.45, 7) is 3.79. The summed E-state index contributed by atoms with van der Waals surface area (Å²) in [5.41, 5.74) is 8.58. The molecule has 0 aliphatic heterocycles. The highest BCUT2D eigenvalue weighted by Crippen LogP contribution is 2.26. The largest absolute Gasteiger partial charge is 0.397 e.